The Balaban J connectivity index is 1.82. The molecule has 0 spiro atoms. The lowest BCUT2D eigenvalue weighted by atomic mass is 10.3. The molecular weight excluding hydrogens is 222 g/mol. The molecule has 1 aliphatic rings. The maximum absolute atomic E-state index is 11.6. The lowest BCUT2D eigenvalue weighted by Crippen LogP contribution is -2.40. The Bertz CT molecular complexity index is 400. The minimum atomic E-state index is -0.175. The fourth-order valence-electron chi connectivity index (χ4n) is 1.51. The first-order chi connectivity index (χ1) is 7.79. The van der Waals surface area contributed by atoms with E-state index in [2.05, 4.69) is 22.5 Å². The van der Waals surface area contributed by atoms with Crippen LogP contribution >= 0.6 is 11.3 Å². The normalized spacial score (nSPS) is 18.9. The van der Waals surface area contributed by atoms with Crippen LogP contribution in [-0.2, 0) is 17.8 Å². The molecule has 86 valence electrons. The Labute approximate surface area is 98.8 Å². The van der Waals surface area contributed by atoms with E-state index in [1.807, 2.05) is 17.5 Å². The van der Waals surface area contributed by atoms with Gasteiger partial charge in [-0.25, -0.2) is 4.98 Å². The maximum Gasteiger partial charge on any atom is 0.241 e. The minimum Gasteiger partial charge on any atom is -0.348 e. The SMILES string of the molecule is CCc1csc(CNC(=O)C2C=CCN2)n1. The number of hydrogen-bond donors (Lipinski definition) is 2. The average Bonchev–Trinajstić information content (AvgIpc) is 2.96. The highest BCUT2D eigenvalue weighted by Gasteiger charge is 2.16. The quantitative estimate of drug-likeness (QED) is 0.763. The van der Waals surface area contributed by atoms with Crippen molar-refractivity contribution in [2.45, 2.75) is 25.9 Å². The van der Waals surface area contributed by atoms with Crippen molar-refractivity contribution in [1.82, 2.24) is 15.6 Å². The van der Waals surface area contributed by atoms with Crippen molar-refractivity contribution in [2.75, 3.05) is 6.54 Å². The van der Waals surface area contributed by atoms with Crippen LogP contribution in [-0.4, -0.2) is 23.5 Å². The van der Waals surface area contributed by atoms with Crippen LogP contribution in [0.25, 0.3) is 0 Å². The predicted octanol–water partition coefficient (Wildman–Crippen LogP) is 0.850. The van der Waals surface area contributed by atoms with Gasteiger partial charge in [0.15, 0.2) is 0 Å². The van der Waals surface area contributed by atoms with Gasteiger partial charge in [0.1, 0.15) is 11.0 Å². The number of carbonyl (C=O) groups excluding carboxylic acids is 1. The van der Waals surface area contributed by atoms with E-state index in [0.717, 1.165) is 23.7 Å². The van der Waals surface area contributed by atoms with Gasteiger partial charge in [-0.15, -0.1) is 11.3 Å². The fourth-order valence-corrected chi connectivity index (χ4v) is 2.33. The molecule has 0 radical (unpaired) electrons. The first kappa shape index (κ1) is 11.3. The average molecular weight is 237 g/mol. The van der Waals surface area contributed by atoms with Gasteiger partial charge >= 0.3 is 0 Å². The zero-order valence-electron chi connectivity index (χ0n) is 9.19. The maximum atomic E-state index is 11.6. The van der Waals surface area contributed by atoms with Crippen molar-refractivity contribution >= 4 is 17.2 Å². The number of aromatic nitrogens is 1. The third kappa shape index (κ3) is 2.68. The third-order valence-electron chi connectivity index (χ3n) is 2.44. The number of aryl methyl sites for hydroxylation is 1. The second kappa shape index (κ2) is 5.23. The van der Waals surface area contributed by atoms with Crippen LogP contribution < -0.4 is 10.6 Å². The Morgan fingerprint density at radius 3 is 3.25 bits per heavy atom. The monoisotopic (exact) mass is 237 g/mol. The highest BCUT2D eigenvalue weighted by atomic mass is 32.1. The predicted molar refractivity (Wildman–Crippen MR) is 64.3 cm³/mol. The van der Waals surface area contributed by atoms with E-state index in [1.54, 1.807) is 11.3 Å². The molecule has 2 heterocycles. The molecule has 4 nitrogen and oxygen atoms in total. The standard InChI is InChI=1S/C11H15N3OS/c1-2-8-7-16-10(14-8)6-13-11(15)9-4-3-5-12-9/h3-4,7,9,12H,2,5-6H2,1H3,(H,13,15). The molecule has 0 aliphatic carbocycles. The highest BCUT2D eigenvalue weighted by molar-refractivity contribution is 7.09. The summed E-state index contributed by atoms with van der Waals surface area (Å²) in [4.78, 5) is 16.0. The van der Waals surface area contributed by atoms with E-state index in [0.29, 0.717) is 6.54 Å². The third-order valence-corrected chi connectivity index (χ3v) is 3.34. The molecule has 1 aliphatic heterocycles. The van der Waals surface area contributed by atoms with E-state index in [1.165, 1.54) is 0 Å². The molecule has 5 heteroatoms. The number of nitrogens with one attached hydrogen (secondary N) is 2. The molecule has 0 aromatic carbocycles. The first-order valence-electron chi connectivity index (χ1n) is 5.40. The number of carbonyl (C=O) groups is 1. The highest BCUT2D eigenvalue weighted by Crippen LogP contribution is 2.09. The summed E-state index contributed by atoms with van der Waals surface area (Å²) < 4.78 is 0. The van der Waals surface area contributed by atoms with Crippen molar-refractivity contribution in [3.63, 3.8) is 0 Å². The molecule has 1 aromatic heterocycles. The van der Waals surface area contributed by atoms with E-state index >= 15 is 0 Å². The number of rotatable bonds is 4. The Morgan fingerprint density at radius 1 is 1.75 bits per heavy atom. The van der Waals surface area contributed by atoms with E-state index in [-0.39, 0.29) is 11.9 Å². The Morgan fingerprint density at radius 2 is 2.62 bits per heavy atom. The second-order valence-electron chi connectivity index (χ2n) is 3.62. The summed E-state index contributed by atoms with van der Waals surface area (Å²) in [7, 11) is 0. The molecule has 0 bridgehead atoms. The lowest BCUT2D eigenvalue weighted by Gasteiger charge is -2.08. The smallest absolute Gasteiger partial charge is 0.241 e. The van der Waals surface area contributed by atoms with Gasteiger partial charge < -0.3 is 5.32 Å². The van der Waals surface area contributed by atoms with Crippen LogP contribution in [0.15, 0.2) is 17.5 Å². The first-order valence-corrected chi connectivity index (χ1v) is 6.28. The second-order valence-corrected chi connectivity index (χ2v) is 4.56. The molecule has 0 saturated heterocycles. The number of hydrogen-bond acceptors (Lipinski definition) is 4. The molecule has 16 heavy (non-hydrogen) atoms. The van der Waals surface area contributed by atoms with Crippen LogP contribution in [0, 0.1) is 0 Å². The Kier molecular flexibility index (Phi) is 3.69. The van der Waals surface area contributed by atoms with E-state index in [4.69, 9.17) is 0 Å². The molecule has 0 fully saturated rings. The minimum absolute atomic E-state index is 0.0157. The van der Waals surface area contributed by atoms with Gasteiger partial charge in [-0.3, -0.25) is 10.1 Å². The van der Waals surface area contributed by atoms with Gasteiger partial charge in [-0.1, -0.05) is 19.1 Å². The van der Waals surface area contributed by atoms with Crippen LogP contribution in [0.3, 0.4) is 0 Å². The van der Waals surface area contributed by atoms with Crippen molar-refractivity contribution in [3.05, 3.63) is 28.2 Å². The van der Waals surface area contributed by atoms with Crippen molar-refractivity contribution in [1.29, 1.82) is 0 Å². The summed E-state index contributed by atoms with van der Waals surface area (Å²) in [6, 6.07) is -0.175. The van der Waals surface area contributed by atoms with E-state index in [9.17, 15) is 4.79 Å². The lowest BCUT2D eigenvalue weighted by molar-refractivity contribution is -0.122. The molecule has 1 unspecified atom stereocenters. The van der Waals surface area contributed by atoms with Gasteiger partial charge in [0, 0.05) is 11.9 Å². The molecule has 1 atom stereocenters. The van der Waals surface area contributed by atoms with E-state index < -0.39 is 0 Å². The summed E-state index contributed by atoms with van der Waals surface area (Å²) in [6.45, 7) is 3.37. The van der Waals surface area contributed by atoms with Gasteiger partial charge in [0.25, 0.3) is 0 Å². The number of nitrogens with zero attached hydrogens (tertiary/aromatic N) is 1. The summed E-state index contributed by atoms with van der Waals surface area (Å²) in [5, 5.41) is 8.94. The molecule has 1 aromatic rings. The van der Waals surface area contributed by atoms with Gasteiger partial charge in [0.2, 0.25) is 5.91 Å². The van der Waals surface area contributed by atoms with Crippen molar-refractivity contribution in [3.8, 4) is 0 Å². The molecule has 1 amide bonds. The topological polar surface area (TPSA) is 54.0 Å². The van der Waals surface area contributed by atoms with Gasteiger partial charge in [-0.2, -0.15) is 0 Å². The largest absolute Gasteiger partial charge is 0.348 e. The summed E-state index contributed by atoms with van der Waals surface area (Å²) in [5.74, 6) is 0.0157. The van der Waals surface area contributed by atoms with Gasteiger partial charge in [-0.05, 0) is 6.42 Å². The summed E-state index contributed by atoms with van der Waals surface area (Å²) >= 11 is 1.59. The summed E-state index contributed by atoms with van der Waals surface area (Å²) in [5.41, 5.74) is 1.09. The zero-order valence-corrected chi connectivity index (χ0v) is 10.0. The molecule has 2 N–H and O–H groups in total. The number of thiazole rings is 1. The van der Waals surface area contributed by atoms with Gasteiger partial charge in [0.05, 0.1) is 12.2 Å². The summed E-state index contributed by atoms with van der Waals surface area (Å²) in [6.07, 6.45) is 4.79. The fraction of sp³-hybridized carbons (Fsp3) is 0.455. The number of amides is 1. The Hall–Kier alpha value is -1.20. The van der Waals surface area contributed by atoms with Crippen molar-refractivity contribution < 1.29 is 4.79 Å². The van der Waals surface area contributed by atoms with Crippen LogP contribution in [0.5, 0.6) is 0 Å². The van der Waals surface area contributed by atoms with Crippen LogP contribution in [0.4, 0.5) is 0 Å². The zero-order chi connectivity index (χ0) is 11.4. The molecular formula is C11H15N3OS. The molecule has 0 saturated carbocycles. The van der Waals surface area contributed by atoms with Crippen LogP contribution in [0.1, 0.15) is 17.6 Å². The van der Waals surface area contributed by atoms with Crippen molar-refractivity contribution in [2.24, 2.45) is 0 Å². The van der Waals surface area contributed by atoms with Crippen LogP contribution in [0.2, 0.25) is 0 Å². The molecule has 2 rings (SSSR count).